The van der Waals surface area contributed by atoms with Gasteiger partial charge in [-0.3, -0.25) is 4.90 Å². The Labute approximate surface area is 155 Å². The fraction of sp³-hybridized carbons (Fsp3) is 0.350. The number of nitrogens with one attached hydrogen (secondary N) is 2. The second-order valence-corrected chi connectivity index (χ2v) is 6.56. The number of hydrogen-bond donors (Lipinski definition) is 2. The number of ether oxygens (including phenoxy) is 1. The van der Waals surface area contributed by atoms with Gasteiger partial charge in [0.2, 0.25) is 0 Å². The van der Waals surface area contributed by atoms with Gasteiger partial charge in [-0.15, -0.1) is 0 Å². The van der Waals surface area contributed by atoms with Crippen molar-refractivity contribution < 1.29 is 4.74 Å². The molecule has 0 atom stereocenters. The quantitative estimate of drug-likeness (QED) is 0.780. The van der Waals surface area contributed by atoms with Crippen LogP contribution in [0.3, 0.4) is 0 Å². The third-order valence-electron chi connectivity index (χ3n) is 4.32. The van der Waals surface area contributed by atoms with E-state index in [0.29, 0.717) is 5.11 Å². The minimum atomic E-state index is 0.675. The van der Waals surface area contributed by atoms with Crippen LogP contribution in [0.4, 0.5) is 5.69 Å². The Balaban J connectivity index is 1.50. The summed E-state index contributed by atoms with van der Waals surface area (Å²) in [5, 5.41) is 7.33. The normalized spacial score (nSPS) is 14.9. The first-order chi connectivity index (χ1) is 12.3. The monoisotopic (exact) mass is 355 g/mol. The lowest BCUT2D eigenvalue weighted by molar-refractivity contribution is 0.0389. The number of morpholine rings is 1. The molecule has 2 N–H and O–H groups in total. The molecule has 0 aromatic heterocycles. The van der Waals surface area contributed by atoms with Crippen molar-refractivity contribution in [2.75, 3.05) is 44.7 Å². The highest BCUT2D eigenvalue weighted by molar-refractivity contribution is 7.80. The van der Waals surface area contributed by atoms with E-state index in [4.69, 9.17) is 17.0 Å². The molecule has 4 nitrogen and oxygen atoms in total. The number of para-hydroxylation sites is 1. The molecule has 132 valence electrons. The van der Waals surface area contributed by atoms with E-state index in [-0.39, 0.29) is 0 Å². The van der Waals surface area contributed by atoms with Gasteiger partial charge in [-0.05, 0) is 35.8 Å². The summed E-state index contributed by atoms with van der Waals surface area (Å²) in [6, 6.07) is 18.8. The summed E-state index contributed by atoms with van der Waals surface area (Å²) in [5.41, 5.74) is 3.60. The van der Waals surface area contributed by atoms with E-state index in [1.165, 1.54) is 11.1 Å². The third-order valence-corrected chi connectivity index (χ3v) is 4.57. The van der Waals surface area contributed by atoms with Crippen molar-refractivity contribution in [3.8, 4) is 0 Å². The Bertz CT molecular complexity index is 672. The summed E-state index contributed by atoms with van der Waals surface area (Å²) >= 11 is 5.46. The lowest BCUT2D eigenvalue weighted by atomic mass is 10.0. The molecule has 25 heavy (non-hydrogen) atoms. The zero-order valence-corrected chi connectivity index (χ0v) is 15.2. The first-order valence-corrected chi connectivity index (χ1v) is 9.19. The van der Waals surface area contributed by atoms with E-state index < -0.39 is 0 Å². The molecule has 0 radical (unpaired) electrons. The van der Waals surface area contributed by atoms with Crippen molar-refractivity contribution in [1.82, 2.24) is 10.2 Å². The predicted molar refractivity (Wildman–Crippen MR) is 107 cm³/mol. The smallest absolute Gasteiger partial charge is 0.170 e. The highest BCUT2D eigenvalue weighted by Crippen LogP contribution is 2.19. The van der Waals surface area contributed by atoms with Crippen LogP contribution >= 0.6 is 12.2 Å². The van der Waals surface area contributed by atoms with Gasteiger partial charge in [0.25, 0.3) is 0 Å². The number of anilines is 1. The molecule has 0 bridgehead atoms. The molecule has 0 saturated carbocycles. The van der Waals surface area contributed by atoms with E-state index in [1.54, 1.807) is 0 Å². The zero-order chi connectivity index (χ0) is 17.3. The molecule has 1 aliphatic rings. The van der Waals surface area contributed by atoms with Gasteiger partial charge in [0.05, 0.1) is 13.2 Å². The Morgan fingerprint density at radius 3 is 2.52 bits per heavy atom. The van der Waals surface area contributed by atoms with Gasteiger partial charge in [0.15, 0.2) is 5.11 Å². The third kappa shape index (κ3) is 5.81. The van der Waals surface area contributed by atoms with Crippen LogP contribution in [-0.4, -0.2) is 49.4 Å². The predicted octanol–water partition coefficient (Wildman–Crippen LogP) is 2.90. The number of thiocarbonyl (C=S) groups is 1. The molecule has 1 saturated heterocycles. The maximum Gasteiger partial charge on any atom is 0.170 e. The van der Waals surface area contributed by atoms with Gasteiger partial charge < -0.3 is 15.4 Å². The van der Waals surface area contributed by atoms with Crippen LogP contribution in [0.2, 0.25) is 0 Å². The van der Waals surface area contributed by atoms with E-state index >= 15 is 0 Å². The number of hydrogen-bond acceptors (Lipinski definition) is 3. The lowest BCUT2D eigenvalue weighted by Crippen LogP contribution is -2.42. The topological polar surface area (TPSA) is 36.5 Å². The van der Waals surface area contributed by atoms with Gasteiger partial charge in [-0.2, -0.15) is 0 Å². The van der Waals surface area contributed by atoms with Crippen LogP contribution in [-0.2, 0) is 11.2 Å². The molecule has 3 rings (SSSR count). The molecule has 1 fully saturated rings. The average Bonchev–Trinajstić information content (AvgIpc) is 2.65. The van der Waals surface area contributed by atoms with Crippen molar-refractivity contribution in [3.05, 3.63) is 65.7 Å². The second-order valence-electron chi connectivity index (χ2n) is 6.15. The summed E-state index contributed by atoms with van der Waals surface area (Å²) in [6.45, 7) is 5.48. The Hall–Kier alpha value is -1.95. The van der Waals surface area contributed by atoms with Gasteiger partial charge in [-0.25, -0.2) is 0 Å². The maximum absolute atomic E-state index is 5.46. The number of nitrogens with zero attached hydrogens (tertiary/aromatic N) is 1. The largest absolute Gasteiger partial charge is 0.379 e. The Morgan fingerprint density at radius 2 is 1.72 bits per heavy atom. The fourth-order valence-electron chi connectivity index (χ4n) is 2.93. The van der Waals surface area contributed by atoms with E-state index in [2.05, 4.69) is 58.0 Å². The summed E-state index contributed by atoms with van der Waals surface area (Å²) in [7, 11) is 0. The highest BCUT2D eigenvalue weighted by atomic mass is 32.1. The zero-order valence-electron chi connectivity index (χ0n) is 14.4. The molecular weight excluding hydrogens is 330 g/mol. The molecular formula is C20H25N3OS. The molecule has 5 heteroatoms. The summed E-state index contributed by atoms with van der Waals surface area (Å²) in [4.78, 5) is 2.39. The van der Waals surface area contributed by atoms with Crippen LogP contribution in [0.25, 0.3) is 0 Å². The molecule has 0 aliphatic carbocycles. The number of rotatable bonds is 6. The molecule has 1 heterocycles. The van der Waals surface area contributed by atoms with Crippen molar-refractivity contribution in [2.24, 2.45) is 0 Å². The van der Waals surface area contributed by atoms with Gasteiger partial charge in [0, 0.05) is 31.9 Å². The highest BCUT2D eigenvalue weighted by Gasteiger charge is 2.10. The van der Waals surface area contributed by atoms with Crippen LogP contribution < -0.4 is 10.6 Å². The van der Waals surface area contributed by atoms with E-state index in [1.807, 2.05) is 12.1 Å². The summed E-state index contributed by atoms with van der Waals surface area (Å²) < 4.78 is 5.37. The van der Waals surface area contributed by atoms with Crippen LogP contribution in [0.15, 0.2) is 54.6 Å². The Kier molecular flexibility index (Phi) is 6.79. The molecule has 0 unspecified atom stereocenters. The summed E-state index contributed by atoms with van der Waals surface area (Å²) in [5.74, 6) is 0. The van der Waals surface area contributed by atoms with Crippen LogP contribution in [0.5, 0.6) is 0 Å². The second kappa shape index (κ2) is 9.51. The maximum atomic E-state index is 5.46. The minimum Gasteiger partial charge on any atom is -0.379 e. The first-order valence-electron chi connectivity index (χ1n) is 8.78. The van der Waals surface area contributed by atoms with Crippen molar-refractivity contribution in [1.29, 1.82) is 0 Å². The average molecular weight is 356 g/mol. The van der Waals surface area contributed by atoms with Crippen molar-refractivity contribution in [3.63, 3.8) is 0 Å². The Morgan fingerprint density at radius 1 is 1.00 bits per heavy atom. The standard InChI is InChI=1S/C20H25N3OS/c25-20(21-10-11-23-12-14-24-15-13-23)22-19-9-5-4-8-18(19)16-17-6-2-1-3-7-17/h1-9H,10-16H2,(H2,21,22,25). The van der Waals surface area contributed by atoms with Gasteiger partial charge in [-0.1, -0.05) is 48.5 Å². The van der Waals surface area contributed by atoms with Gasteiger partial charge in [0.1, 0.15) is 0 Å². The molecule has 2 aromatic rings. The number of benzene rings is 2. The van der Waals surface area contributed by atoms with Crippen LogP contribution in [0, 0.1) is 0 Å². The molecule has 2 aromatic carbocycles. The van der Waals surface area contributed by atoms with E-state index in [0.717, 1.165) is 51.5 Å². The summed E-state index contributed by atoms with van der Waals surface area (Å²) in [6.07, 6.45) is 0.889. The van der Waals surface area contributed by atoms with Crippen molar-refractivity contribution in [2.45, 2.75) is 6.42 Å². The fourth-order valence-corrected chi connectivity index (χ4v) is 3.14. The van der Waals surface area contributed by atoms with Gasteiger partial charge >= 0.3 is 0 Å². The van der Waals surface area contributed by atoms with E-state index in [9.17, 15) is 0 Å². The first kappa shape index (κ1) is 17.9. The minimum absolute atomic E-state index is 0.675. The van der Waals surface area contributed by atoms with Crippen molar-refractivity contribution >= 4 is 23.0 Å². The lowest BCUT2D eigenvalue weighted by Gasteiger charge is -2.26. The SMILES string of the molecule is S=C(NCCN1CCOCC1)Nc1ccccc1Cc1ccccc1. The molecule has 0 amide bonds. The van der Waals surface area contributed by atoms with Crippen LogP contribution in [0.1, 0.15) is 11.1 Å². The molecule has 0 spiro atoms. The molecule has 1 aliphatic heterocycles.